The van der Waals surface area contributed by atoms with Crippen LogP contribution in [0, 0.1) is 0 Å². The monoisotopic (exact) mass is 280 g/mol. The molecule has 3 nitrogen and oxygen atoms in total. The van der Waals surface area contributed by atoms with E-state index in [4.69, 9.17) is 5.10 Å². The van der Waals surface area contributed by atoms with Crippen molar-refractivity contribution in [2.45, 2.75) is 68.8 Å². The van der Waals surface area contributed by atoms with Crippen molar-refractivity contribution < 1.29 is 5.11 Å². The fourth-order valence-corrected chi connectivity index (χ4v) is 4.57. The summed E-state index contributed by atoms with van der Waals surface area (Å²) in [5.41, 5.74) is 1.06. The molecule has 106 valence electrons. The molecule has 4 heteroatoms. The average Bonchev–Trinajstić information content (AvgIpc) is 3.11. The van der Waals surface area contributed by atoms with Gasteiger partial charge in [-0.2, -0.15) is 16.9 Å². The van der Waals surface area contributed by atoms with Crippen molar-refractivity contribution in [3.8, 4) is 0 Å². The van der Waals surface area contributed by atoms with Crippen LogP contribution in [0.15, 0.2) is 12.3 Å². The number of nitrogens with zero attached hydrogens (tertiary/aromatic N) is 2. The van der Waals surface area contributed by atoms with E-state index in [9.17, 15) is 5.11 Å². The van der Waals surface area contributed by atoms with Crippen LogP contribution in [-0.4, -0.2) is 32.0 Å². The molecule has 1 aliphatic heterocycles. The Labute approximate surface area is 119 Å². The van der Waals surface area contributed by atoms with Crippen LogP contribution in [0.1, 0.15) is 56.7 Å². The molecule has 3 rings (SSSR count). The number of aromatic nitrogens is 2. The van der Waals surface area contributed by atoms with Crippen molar-refractivity contribution in [3.63, 3.8) is 0 Å². The van der Waals surface area contributed by atoms with Gasteiger partial charge in [-0.1, -0.05) is 19.3 Å². The van der Waals surface area contributed by atoms with Gasteiger partial charge in [0.05, 0.1) is 17.8 Å². The summed E-state index contributed by atoms with van der Waals surface area (Å²) < 4.78 is 2.14. The van der Waals surface area contributed by atoms with Crippen molar-refractivity contribution in [1.82, 2.24) is 9.78 Å². The Morgan fingerprint density at radius 3 is 2.84 bits per heavy atom. The maximum absolute atomic E-state index is 10.3. The molecule has 1 saturated carbocycles. The number of aliphatic hydroxyl groups excluding tert-OH is 1. The highest BCUT2D eigenvalue weighted by atomic mass is 32.2. The summed E-state index contributed by atoms with van der Waals surface area (Å²) in [7, 11) is 0. The number of aliphatic hydroxyl groups is 1. The first-order valence-corrected chi connectivity index (χ1v) is 8.71. The van der Waals surface area contributed by atoms with Crippen LogP contribution in [0.5, 0.6) is 0 Å². The first-order chi connectivity index (χ1) is 9.33. The number of thioether (sulfide) groups is 1. The van der Waals surface area contributed by atoms with Crippen LogP contribution in [0.3, 0.4) is 0 Å². The molecule has 2 unspecified atom stereocenters. The predicted molar refractivity (Wildman–Crippen MR) is 79.5 cm³/mol. The lowest BCUT2D eigenvalue weighted by atomic mass is 9.96. The summed E-state index contributed by atoms with van der Waals surface area (Å²) in [6.07, 6.45) is 11.6. The summed E-state index contributed by atoms with van der Waals surface area (Å²) in [6, 6.07) is 2.69. The summed E-state index contributed by atoms with van der Waals surface area (Å²) in [5, 5.41) is 15.4. The second-order valence-electron chi connectivity index (χ2n) is 5.90. The van der Waals surface area contributed by atoms with Crippen LogP contribution >= 0.6 is 11.8 Å². The molecular formula is C15H24N2OS. The Bertz CT molecular complexity index is 395. The molecule has 1 aromatic heterocycles. The number of rotatable bonds is 4. The van der Waals surface area contributed by atoms with Crippen LogP contribution < -0.4 is 0 Å². The van der Waals surface area contributed by atoms with E-state index in [1.807, 2.05) is 11.8 Å². The van der Waals surface area contributed by atoms with E-state index in [1.54, 1.807) is 0 Å². The molecule has 1 N–H and O–H groups in total. The third kappa shape index (κ3) is 3.34. The van der Waals surface area contributed by atoms with Gasteiger partial charge in [-0.25, -0.2) is 0 Å². The van der Waals surface area contributed by atoms with E-state index in [0.29, 0.717) is 11.3 Å². The standard InChI is InChI=1S/C15H24N2OS/c18-14(15-7-4-10-19-15)11-12-8-9-17(16-12)13-5-2-1-3-6-13/h8-9,13-15,18H,1-7,10-11H2. The summed E-state index contributed by atoms with van der Waals surface area (Å²) in [5.74, 6) is 1.21. The van der Waals surface area contributed by atoms with Gasteiger partial charge in [0.1, 0.15) is 0 Å². The zero-order chi connectivity index (χ0) is 13.1. The van der Waals surface area contributed by atoms with Crippen LogP contribution in [0.2, 0.25) is 0 Å². The number of hydrogen-bond acceptors (Lipinski definition) is 3. The summed E-state index contributed by atoms with van der Waals surface area (Å²) in [6.45, 7) is 0. The van der Waals surface area contributed by atoms with Gasteiger partial charge in [-0.15, -0.1) is 0 Å². The van der Waals surface area contributed by atoms with E-state index >= 15 is 0 Å². The van der Waals surface area contributed by atoms with Gasteiger partial charge in [-0.3, -0.25) is 4.68 Å². The molecule has 0 aromatic carbocycles. The minimum Gasteiger partial charge on any atom is -0.392 e. The molecule has 1 aliphatic carbocycles. The molecule has 0 amide bonds. The second-order valence-corrected chi connectivity index (χ2v) is 7.25. The average molecular weight is 280 g/mol. The zero-order valence-corrected chi connectivity index (χ0v) is 12.3. The third-order valence-electron chi connectivity index (χ3n) is 4.42. The maximum Gasteiger partial charge on any atom is 0.0714 e. The molecule has 1 aromatic rings. The number of hydrogen-bond donors (Lipinski definition) is 1. The van der Waals surface area contributed by atoms with E-state index in [0.717, 1.165) is 18.5 Å². The molecule has 0 bridgehead atoms. The largest absolute Gasteiger partial charge is 0.392 e. The third-order valence-corrected chi connectivity index (χ3v) is 5.93. The highest BCUT2D eigenvalue weighted by Gasteiger charge is 2.25. The van der Waals surface area contributed by atoms with Gasteiger partial charge in [0.2, 0.25) is 0 Å². The quantitative estimate of drug-likeness (QED) is 0.920. The molecule has 0 radical (unpaired) electrons. The highest BCUT2D eigenvalue weighted by Crippen LogP contribution is 2.30. The van der Waals surface area contributed by atoms with E-state index in [1.165, 1.54) is 44.3 Å². The zero-order valence-electron chi connectivity index (χ0n) is 11.5. The molecule has 0 spiro atoms. The molecule has 2 fully saturated rings. The van der Waals surface area contributed by atoms with Gasteiger partial charge >= 0.3 is 0 Å². The maximum atomic E-state index is 10.3. The van der Waals surface area contributed by atoms with Crippen LogP contribution in [0.25, 0.3) is 0 Å². The minimum atomic E-state index is -0.220. The normalized spacial score (nSPS) is 26.7. The van der Waals surface area contributed by atoms with Gasteiger partial charge in [0.25, 0.3) is 0 Å². The summed E-state index contributed by atoms with van der Waals surface area (Å²) in [4.78, 5) is 0. The van der Waals surface area contributed by atoms with Crippen molar-refractivity contribution in [2.24, 2.45) is 0 Å². The van der Waals surface area contributed by atoms with Gasteiger partial charge < -0.3 is 5.11 Å². The lowest BCUT2D eigenvalue weighted by Crippen LogP contribution is -2.23. The van der Waals surface area contributed by atoms with Crippen molar-refractivity contribution in [3.05, 3.63) is 18.0 Å². The Kier molecular flexibility index (Phi) is 4.49. The molecule has 2 atom stereocenters. The van der Waals surface area contributed by atoms with Crippen molar-refractivity contribution in [1.29, 1.82) is 0 Å². The Morgan fingerprint density at radius 2 is 2.11 bits per heavy atom. The molecule has 2 aliphatic rings. The smallest absolute Gasteiger partial charge is 0.0714 e. The fraction of sp³-hybridized carbons (Fsp3) is 0.800. The molecular weight excluding hydrogens is 256 g/mol. The van der Waals surface area contributed by atoms with E-state index < -0.39 is 0 Å². The minimum absolute atomic E-state index is 0.220. The van der Waals surface area contributed by atoms with Gasteiger partial charge in [-0.05, 0) is 37.5 Å². The SMILES string of the molecule is OC(Cc1ccn(C2CCCCC2)n1)C1CCCS1. The van der Waals surface area contributed by atoms with E-state index in [-0.39, 0.29) is 6.10 Å². The Balaban J connectivity index is 1.57. The van der Waals surface area contributed by atoms with Crippen LogP contribution in [-0.2, 0) is 6.42 Å². The topological polar surface area (TPSA) is 38.0 Å². The fourth-order valence-electron chi connectivity index (χ4n) is 3.29. The second kappa shape index (κ2) is 6.31. The Hall–Kier alpha value is -0.480. The molecule has 2 heterocycles. The first kappa shape index (κ1) is 13.5. The van der Waals surface area contributed by atoms with Crippen LogP contribution in [0.4, 0.5) is 0 Å². The Morgan fingerprint density at radius 1 is 1.26 bits per heavy atom. The lowest BCUT2D eigenvalue weighted by molar-refractivity contribution is 0.168. The molecule has 19 heavy (non-hydrogen) atoms. The highest BCUT2D eigenvalue weighted by molar-refractivity contribution is 8.00. The first-order valence-electron chi connectivity index (χ1n) is 7.66. The van der Waals surface area contributed by atoms with Gasteiger partial charge in [0, 0.05) is 17.9 Å². The predicted octanol–water partition coefficient (Wildman–Crippen LogP) is 3.19. The lowest BCUT2D eigenvalue weighted by Gasteiger charge is -2.22. The van der Waals surface area contributed by atoms with Crippen molar-refractivity contribution >= 4 is 11.8 Å². The van der Waals surface area contributed by atoms with E-state index in [2.05, 4.69) is 16.9 Å². The molecule has 1 saturated heterocycles. The van der Waals surface area contributed by atoms with Gasteiger partial charge in [0.15, 0.2) is 0 Å². The summed E-state index contributed by atoms with van der Waals surface area (Å²) >= 11 is 1.92. The van der Waals surface area contributed by atoms with Crippen molar-refractivity contribution in [2.75, 3.05) is 5.75 Å².